The average Bonchev–Trinajstić information content (AvgIpc) is 3.23. The Hall–Kier alpha value is -1.26. The zero-order valence-electron chi connectivity index (χ0n) is 11.9. The van der Waals surface area contributed by atoms with Gasteiger partial charge in [0.15, 0.2) is 0 Å². The maximum Gasteiger partial charge on any atom is 0.225 e. The largest absolute Gasteiger partial charge is 0.397 e. The van der Waals surface area contributed by atoms with Crippen LogP contribution in [0.5, 0.6) is 0 Å². The third-order valence-electron chi connectivity index (χ3n) is 3.60. The predicted molar refractivity (Wildman–Crippen MR) is 83.9 cm³/mol. The first-order valence-electron chi connectivity index (χ1n) is 7.15. The van der Waals surface area contributed by atoms with E-state index in [-0.39, 0.29) is 5.91 Å². The zero-order valence-corrected chi connectivity index (χ0v) is 12.6. The van der Waals surface area contributed by atoms with E-state index >= 15 is 0 Å². The minimum atomic E-state index is 0.0148. The van der Waals surface area contributed by atoms with E-state index in [0.29, 0.717) is 22.8 Å². The Balaban J connectivity index is 1.77. The lowest BCUT2D eigenvalue weighted by Gasteiger charge is -2.19. The van der Waals surface area contributed by atoms with Gasteiger partial charge in [0.2, 0.25) is 5.91 Å². The number of carbonyl (C=O) groups excluding carboxylic acids is 1. The monoisotopic (exact) mass is 295 g/mol. The molecular formula is C15H22ClN3O. The second kappa shape index (κ2) is 6.95. The molecule has 0 saturated heterocycles. The Morgan fingerprint density at radius 2 is 2.25 bits per heavy atom. The predicted octanol–water partition coefficient (Wildman–Crippen LogP) is 2.98. The fourth-order valence-corrected chi connectivity index (χ4v) is 2.27. The normalized spacial score (nSPS) is 14.6. The molecule has 1 fully saturated rings. The SMILES string of the molecule is CCN(CCC(=O)Nc1ccc(Cl)c(N)c1)CC1CC1. The van der Waals surface area contributed by atoms with Crippen LogP contribution in [0.1, 0.15) is 26.2 Å². The molecule has 0 radical (unpaired) electrons. The Morgan fingerprint density at radius 3 is 2.85 bits per heavy atom. The minimum absolute atomic E-state index is 0.0148. The molecule has 0 spiro atoms. The van der Waals surface area contributed by atoms with Crippen molar-refractivity contribution in [1.29, 1.82) is 0 Å². The molecule has 0 atom stereocenters. The molecule has 1 aliphatic carbocycles. The van der Waals surface area contributed by atoms with Crippen molar-refractivity contribution in [1.82, 2.24) is 4.90 Å². The van der Waals surface area contributed by atoms with Crippen molar-refractivity contribution in [2.24, 2.45) is 5.92 Å². The number of nitrogens with two attached hydrogens (primary N) is 1. The van der Waals surface area contributed by atoms with E-state index in [4.69, 9.17) is 17.3 Å². The summed E-state index contributed by atoms with van der Waals surface area (Å²) in [5.74, 6) is 0.870. The van der Waals surface area contributed by atoms with Gasteiger partial charge in [0.25, 0.3) is 0 Å². The molecule has 1 aromatic rings. The highest BCUT2D eigenvalue weighted by molar-refractivity contribution is 6.33. The topological polar surface area (TPSA) is 58.4 Å². The quantitative estimate of drug-likeness (QED) is 0.760. The molecule has 1 amide bonds. The maximum absolute atomic E-state index is 11.9. The molecule has 20 heavy (non-hydrogen) atoms. The first kappa shape index (κ1) is 15.1. The van der Waals surface area contributed by atoms with Gasteiger partial charge < -0.3 is 16.0 Å². The number of hydrogen-bond acceptors (Lipinski definition) is 3. The summed E-state index contributed by atoms with van der Waals surface area (Å²) in [6.07, 6.45) is 3.18. The first-order chi connectivity index (χ1) is 9.58. The molecule has 0 bridgehead atoms. The smallest absolute Gasteiger partial charge is 0.225 e. The summed E-state index contributed by atoms with van der Waals surface area (Å²) in [5.41, 5.74) is 6.89. The number of anilines is 2. The lowest BCUT2D eigenvalue weighted by molar-refractivity contribution is -0.116. The van der Waals surface area contributed by atoms with Crippen LogP contribution < -0.4 is 11.1 Å². The highest BCUT2D eigenvalue weighted by Crippen LogP contribution is 2.29. The fourth-order valence-electron chi connectivity index (χ4n) is 2.15. The molecule has 2 rings (SSSR count). The highest BCUT2D eigenvalue weighted by atomic mass is 35.5. The number of nitrogens with one attached hydrogen (secondary N) is 1. The Morgan fingerprint density at radius 1 is 1.50 bits per heavy atom. The molecular weight excluding hydrogens is 274 g/mol. The van der Waals surface area contributed by atoms with Crippen molar-refractivity contribution < 1.29 is 4.79 Å². The summed E-state index contributed by atoms with van der Waals surface area (Å²) >= 11 is 5.85. The lowest BCUT2D eigenvalue weighted by Crippen LogP contribution is -2.29. The van der Waals surface area contributed by atoms with Crippen molar-refractivity contribution in [3.05, 3.63) is 23.2 Å². The van der Waals surface area contributed by atoms with Crippen LogP contribution >= 0.6 is 11.6 Å². The second-order valence-corrected chi connectivity index (χ2v) is 5.78. The molecule has 1 aromatic carbocycles. The van der Waals surface area contributed by atoms with Crippen LogP contribution in [-0.2, 0) is 4.79 Å². The van der Waals surface area contributed by atoms with E-state index in [1.807, 2.05) is 0 Å². The van der Waals surface area contributed by atoms with Crippen LogP contribution in [0.15, 0.2) is 18.2 Å². The van der Waals surface area contributed by atoms with Gasteiger partial charge in [-0.05, 0) is 43.5 Å². The van der Waals surface area contributed by atoms with E-state index in [2.05, 4.69) is 17.1 Å². The van der Waals surface area contributed by atoms with Crippen LogP contribution in [0.25, 0.3) is 0 Å². The number of benzene rings is 1. The van der Waals surface area contributed by atoms with Gasteiger partial charge in [0.1, 0.15) is 0 Å². The Labute approximate surface area is 125 Å². The van der Waals surface area contributed by atoms with Crippen molar-refractivity contribution in [2.75, 3.05) is 30.7 Å². The number of hydrogen-bond donors (Lipinski definition) is 2. The van der Waals surface area contributed by atoms with Crippen molar-refractivity contribution in [3.63, 3.8) is 0 Å². The highest BCUT2D eigenvalue weighted by Gasteiger charge is 2.23. The van der Waals surface area contributed by atoms with E-state index in [9.17, 15) is 4.79 Å². The fraction of sp³-hybridized carbons (Fsp3) is 0.533. The first-order valence-corrected chi connectivity index (χ1v) is 7.53. The third-order valence-corrected chi connectivity index (χ3v) is 3.94. The molecule has 5 heteroatoms. The van der Waals surface area contributed by atoms with Gasteiger partial charge in [-0.15, -0.1) is 0 Å². The molecule has 4 nitrogen and oxygen atoms in total. The summed E-state index contributed by atoms with van der Waals surface area (Å²) in [4.78, 5) is 14.3. The van der Waals surface area contributed by atoms with E-state index < -0.39 is 0 Å². The van der Waals surface area contributed by atoms with Gasteiger partial charge in [0.05, 0.1) is 10.7 Å². The summed E-state index contributed by atoms with van der Waals surface area (Å²) in [6.45, 7) is 5.07. The molecule has 0 aliphatic heterocycles. The number of rotatable bonds is 7. The minimum Gasteiger partial charge on any atom is -0.397 e. The summed E-state index contributed by atoms with van der Waals surface area (Å²) < 4.78 is 0. The van der Waals surface area contributed by atoms with Crippen molar-refractivity contribution in [2.45, 2.75) is 26.2 Å². The number of halogens is 1. The third kappa shape index (κ3) is 4.69. The number of nitrogens with zero attached hydrogens (tertiary/aromatic N) is 1. The van der Waals surface area contributed by atoms with E-state index in [1.54, 1.807) is 18.2 Å². The molecule has 1 saturated carbocycles. The van der Waals surface area contributed by atoms with Gasteiger partial charge in [-0.25, -0.2) is 0 Å². The van der Waals surface area contributed by atoms with Crippen LogP contribution in [0, 0.1) is 5.92 Å². The van der Waals surface area contributed by atoms with Crippen LogP contribution in [0.2, 0.25) is 5.02 Å². The Kier molecular flexibility index (Phi) is 5.26. The number of nitrogen functional groups attached to an aromatic ring is 1. The molecule has 1 aliphatic rings. The van der Waals surface area contributed by atoms with E-state index in [0.717, 1.165) is 25.6 Å². The molecule has 0 aromatic heterocycles. The van der Waals surface area contributed by atoms with Crippen LogP contribution in [0.4, 0.5) is 11.4 Å². The number of amides is 1. The molecule has 3 N–H and O–H groups in total. The van der Waals surface area contributed by atoms with Gasteiger partial charge in [-0.3, -0.25) is 4.79 Å². The molecule has 0 heterocycles. The standard InChI is InChI=1S/C15H22ClN3O/c1-2-19(10-11-3-4-11)8-7-15(20)18-12-5-6-13(16)14(17)9-12/h5-6,9,11H,2-4,7-8,10,17H2,1H3,(H,18,20). The van der Waals surface area contributed by atoms with Crippen LogP contribution in [0.3, 0.4) is 0 Å². The lowest BCUT2D eigenvalue weighted by atomic mass is 10.2. The summed E-state index contributed by atoms with van der Waals surface area (Å²) in [5, 5.41) is 3.36. The summed E-state index contributed by atoms with van der Waals surface area (Å²) in [7, 11) is 0. The van der Waals surface area contributed by atoms with Gasteiger partial charge in [-0.1, -0.05) is 18.5 Å². The summed E-state index contributed by atoms with van der Waals surface area (Å²) in [6, 6.07) is 5.14. The maximum atomic E-state index is 11.9. The Bertz CT molecular complexity index is 474. The average molecular weight is 296 g/mol. The van der Waals surface area contributed by atoms with Crippen molar-refractivity contribution >= 4 is 28.9 Å². The van der Waals surface area contributed by atoms with Crippen molar-refractivity contribution in [3.8, 4) is 0 Å². The number of carbonyl (C=O) groups is 1. The van der Waals surface area contributed by atoms with Crippen LogP contribution in [-0.4, -0.2) is 30.4 Å². The second-order valence-electron chi connectivity index (χ2n) is 5.37. The van der Waals surface area contributed by atoms with Gasteiger partial charge >= 0.3 is 0 Å². The molecule has 110 valence electrons. The van der Waals surface area contributed by atoms with E-state index in [1.165, 1.54) is 12.8 Å². The van der Waals surface area contributed by atoms with Gasteiger partial charge in [-0.2, -0.15) is 0 Å². The van der Waals surface area contributed by atoms with Gasteiger partial charge in [0, 0.05) is 25.2 Å². The zero-order chi connectivity index (χ0) is 14.5. The molecule has 0 unspecified atom stereocenters.